The molecule has 96 valence electrons. The van der Waals surface area contributed by atoms with Gasteiger partial charge in [0.1, 0.15) is 5.82 Å². The van der Waals surface area contributed by atoms with E-state index in [-0.39, 0.29) is 5.60 Å². The quantitative estimate of drug-likeness (QED) is 0.871. The second-order valence-electron chi connectivity index (χ2n) is 5.43. The van der Waals surface area contributed by atoms with E-state index >= 15 is 0 Å². The molecule has 0 radical (unpaired) electrons. The van der Waals surface area contributed by atoms with Crippen molar-refractivity contribution in [2.75, 3.05) is 6.61 Å². The van der Waals surface area contributed by atoms with Gasteiger partial charge in [0.25, 0.3) is 0 Å². The van der Waals surface area contributed by atoms with Gasteiger partial charge in [0.15, 0.2) is 0 Å². The first-order valence-corrected chi connectivity index (χ1v) is 6.29. The summed E-state index contributed by atoms with van der Waals surface area (Å²) >= 11 is 0. The Morgan fingerprint density at radius 1 is 1.59 bits per heavy atom. The minimum atomic E-state index is -0.678. The number of hydrogen-bond donors (Lipinski definition) is 1. The van der Waals surface area contributed by atoms with Crippen molar-refractivity contribution < 1.29 is 9.84 Å². The zero-order chi connectivity index (χ0) is 12.5. The van der Waals surface area contributed by atoms with Crippen LogP contribution in [0.5, 0.6) is 0 Å². The molecular formula is C13H22N2O2. The number of ether oxygens (including phenoxy) is 1. The number of aryl methyl sites for hydroxylation is 1. The van der Waals surface area contributed by atoms with E-state index < -0.39 is 5.60 Å². The number of nitrogens with zero attached hydrogens (tertiary/aromatic N) is 2. The molecule has 1 aromatic rings. The first-order chi connectivity index (χ1) is 7.96. The second kappa shape index (κ2) is 4.42. The molecule has 0 aliphatic carbocycles. The molecule has 0 spiro atoms. The first kappa shape index (κ1) is 12.6. The molecule has 4 heteroatoms. The van der Waals surface area contributed by atoms with Gasteiger partial charge in [0.05, 0.1) is 17.8 Å². The summed E-state index contributed by atoms with van der Waals surface area (Å²) in [4.78, 5) is 4.29. The predicted octanol–water partition coefficient (Wildman–Crippen LogP) is 1.67. The van der Waals surface area contributed by atoms with Crippen LogP contribution in [0.3, 0.4) is 0 Å². The molecule has 1 saturated heterocycles. The fourth-order valence-electron chi connectivity index (χ4n) is 2.56. The van der Waals surface area contributed by atoms with Crippen LogP contribution >= 0.6 is 0 Å². The highest BCUT2D eigenvalue weighted by atomic mass is 16.5. The Hall–Kier alpha value is -0.870. The largest absolute Gasteiger partial charge is 0.389 e. The fraction of sp³-hybridized carbons (Fsp3) is 0.769. The average Bonchev–Trinajstić information content (AvgIpc) is 2.63. The van der Waals surface area contributed by atoms with Crippen LogP contribution in [0.15, 0.2) is 12.4 Å². The van der Waals surface area contributed by atoms with Crippen LogP contribution in [0, 0.1) is 0 Å². The lowest BCUT2D eigenvalue weighted by Crippen LogP contribution is -2.48. The summed E-state index contributed by atoms with van der Waals surface area (Å²) in [6.45, 7) is 4.81. The molecule has 1 aliphatic heterocycles. The molecule has 0 saturated carbocycles. The summed E-state index contributed by atoms with van der Waals surface area (Å²) in [5.41, 5.74) is -0.875. The van der Waals surface area contributed by atoms with Crippen molar-refractivity contribution in [1.82, 2.24) is 9.55 Å². The van der Waals surface area contributed by atoms with Gasteiger partial charge < -0.3 is 14.4 Å². The Morgan fingerprint density at radius 3 is 2.94 bits per heavy atom. The van der Waals surface area contributed by atoms with Crippen molar-refractivity contribution in [2.24, 2.45) is 7.05 Å². The maximum Gasteiger partial charge on any atom is 0.111 e. The minimum Gasteiger partial charge on any atom is -0.389 e. The molecule has 17 heavy (non-hydrogen) atoms. The van der Waals surface area contributed by atoms with Gasteiger partial charge in [0.2, 0.25) is 0 Å². The van der Waals surface area contributed by atoms with E-state index in [0.717, 1.165) is 12.2 Å². The molecule has 0 aromatic carbocycles. The van der Waals surface area contributed by atoms with Gasteiger partial charge >= 0.3 is 0 Å². The lowest BCUT2D eigenvalue weighted by Gasteiger charge is -2.43. The van der Waals surface area contributed by atoms with E-state index in [1.54, 1.807) is 6.20 Å². The summed E-state index contributed by atoms with van der Waals surface area (Å²) in [7, 11) is 1.96. The Labute approximate surface area is 103 Å². The Morgan fingerprint density at radius 2 is 2.35 bits per heavy atom. The van der Waals surface area contributed by atoms with Gasteiger partial charge in [-0.3, -0.25) is 0 Å². The molecule has 1 N–H and O–H groups in total. The highest BCUT2D eigenvalue weighted by molar-refractivity contribution is 5.02. The molecule has 2 heterocycles. The summed E-state index contributed by atoms with van der Waals surface area (Å²) in [5.74, 6) is 0.938. The van der Waals surface area contributed by atoms with Crippen LogP contribution in [0.25, 0.3) is 0 Å². The second-order valence-corrected chi connectivity index (χ2v) is 5.43. The molecule has 0 amide bonds. The van der Waals surface area contributed by atoms with Crippen molar-refractivity contribution >= 4 is 0 Å². The number of rotatable bonds is 3. The van der Waals surface area contributed by atoms with Crippen LogP contribution < -0.4 is 0 Å². The molecule has 2 unspecified atom stereocenters. The van der Waals surface area contributed by atoms with Crippen LogP contribution in [-0.4, -0.2) is 32.5 Å². The van der Waals surface area contributed by atoms with Gasteiger partial charge in [0, 0.05) is 38.7 Å². The average molecular weight is 238 g/mol. The SMILES string of the molecule is CCC1(C)CC(O)(Cc2nccn2C)CCO1. The van der Waals surface area contributed by atoms with Crippen molar-refractivity contribution in [3.05, 3.63) is 18.2 Å². The standard InChI is InChI=1S/C13H22N2O2/c1-4-12(2)10-13(16,5-8-17-12)9-11-14-6-7-15(11)3/h6-7,16H,4-5,8-10H2,1-3H3. The molecule has 1 aromatic heterocycles. The zero-order valence-corrected chi connectivity index (χ0v) is 10.9. The van der Waals surface area contributed by atoms with E-state index in [9.17, 15) is 5.11 Å². The molecule has 1 aliphatic rings. The van der Waals surface area contributed by atoms with E-state index in [1.807, 2.05) is 17.8 Å². The van der Waals surface area contributed by atoms with Crippen molar-refractivity contribution in [1.29, 1.82) is 0 Å². The number of aromatic nitrogens is 2. The molecule has 2 atom stereocenters. The Balaban J connectivity index is 2.11. The summed E-state index contributed by atoms with van der Waals surface area (Å²) < 4.78 is 7.74. The topological polar surface area (TPSA) is 47.3 Å². The Bertz CT molecular complexity index is 391. The van der Waals surface area contributed by atoms with Gasteiger partial charge in [-0.15, -0.1) is 0 Å². The summed E-state index contributed by atoms with van der Waals surface area (Å²) in [5, 5.41) is 10.7. The molecular weight excluding hydrogens is 216 g/mol. The lowest BCUT2D eigenvalue weighted by atomic mass is 9.80. The van der Waals surface area contributed by atoms with Crippen molar-refractivity contribution in [3.63, 3.8) is 0 Å². The maximum absolute atomic E-state index is 10.7. The Kier molecular flexibility index (Phi) is 3.27. The normalized spacial score (nSPS) is 33.9. The molecule has 0 bridgehead atoms. The third-order valence-electron chi connectivity index (χ3n) is 3.88. The van der Waals surface area contributed by atoms with Crippen LogP contribution in [0.1, 0.15) is 38.9 Å². The first-order valence-electron chi connectivity index (χ1n) is 6.29. The minimum absolute atomic E-state index is 0.196. The van der Waals surface area contributed by atoms with Crippen LogP contribution in [0.2, 0.25) is 0 Å². The van der Waals surface area contributed by atoms with E-state index in [2.05, 4.69) is 18.8 Å². The highest BCUT2D eigenvalue weighted by Crippen LogP contribution is 2.36. The van der Waals surface area contributed by atoms with Gasteiger partial charge in [-0.05, 0) is 13.3 Å². The van der Waals surface area contributed by atoms with Crippen LogP contribution in [-0.2, 0) is 18.2 Å². The molecule has 1 fully saturated rings. The zero-order valence-electron chi connectivity index (χ0n) is 10.9. The van der Waals surface area contributed by atoms with Crippen LogP contribution in [0.4, 0.5) is 0 Å². The lowest BCUT2D eigenvalue weighted by molar-refractivity contribution is -0.153. The third-order valence-corrected chi connectivity index (χ3v) is 3.88. The maximum atomic E-state index is 10.7. The third kappa shape index (κ3) is 2.69. The molecule has 2 rings (SSSR count). The number of imidazole rings is 1. The van der Waals surface area contributed by atoms with E-state index in [1.165, 1.54) is 0 Å². The van der Waals surface area contributed by atoms with Crippen molar-refractivity contribution in [3.8, 4) is 0 Å². The van der Waals surface area contributed by atoms with Crippen molar-refractivity contribution in [2.45, 2.75) is 50.7 Å². The number of aliphatic hydroxyl groups is 1. The summed E-state index contributed by atoms with van der Waals surface area (Å²) in [6, 6.07) is 0. The van der Waals surface area contributed by atoms with Gasteiger partial charge in [-0.2, -0.15) is 0 Å². The smallest absolute Gasteiger partial charge is 0.111 e. The van der Waals surface area contributed by atoms with Gasteiger partial charge in [-0.1, -0.05) is 6.92 Å². The predicted molar refractivity (Wildman–Crippen MR) is 65.7 cm³/mol. The fourth-order valence-corrected chi connectivity index (χ4v) is 2.56. The number of hydrogen-bond acceptors (Lipinski definition) is 3. The monoisotopic (exact) mass is 238 g/mol. The molecule has 4 nitrogen and oxygen atoms in total. The van der Waals surface area contributed by atoms with E-state index in [4.69, 9.17) is 4.74 Å². The highest BCUT2D eigenvalue weighted by Gasteiger charge is 2.41. The van der Waals surface area contributed by atoms with Gasteiger partial charge in [-0.25, -0.2) is 4.98 Å². The van der Waals surface area contributed by atoms with E-state index in [0.29, 0.717) is 25.9 Å². The summed E-state index contributed by atoms with van der Waals surface area (Å²) in [6.07, 6.45) is 6.60.